The van der Waals surface area contributed by atoms with E-state index in [9.17, 15) is 8.42 Å². The summed E-state index contributed by atoms with van der Waals surface area (Å²) in [6.45, 7) is 2.74. The van der Waals surface area contributed by atoms with Crippen LogP contribution < -0.4 is 0 Å². The Morgan fingerprint density at radius 3 is 2.56 bits per heavy atom. The molecule has 0 bridgehead atoms. The van der Waals surface area contributed by atoms with Crippen molar-refractivity contribution in [2.24, 2.45) is 5.92 Å². The first-order valence-corrected chi connectivity index (χ1v) is 8.30. The molecule has 1 aromatic rings. The second-order valence-corrected chi connectivity index (χ2v) is 7.40. The van der Waals surface area contributed by atoms with Crippen LogP contribution in [0.5, 0.6) is 0 Å². The lowest BCUT2D eigenvalue weighted by Gasteiger charge is -2.15. The topological polar surface area (TPSA) is 74.1 Å². The van der Waals surface area contributed by atoms with E-state index < -0.39 is 9.05 Å². The molecule has 2 aliphatic rings. The summed E-state index contributed by atoms with van der Waals surface area (Å²) in [5, 5.41) is 7.59. The maximum Gasteiger partial charge on any atom is 0.296 e. The summed E-state index contributed by atoms with van der Waals surface area (Å²) in [6.07, 6.45) is 2.65. The van der Waals surface area contributed by atoms with Crippen LogP contribution in [-0.4, -0.2) is 29.8 Å². The van der Waals surface area contributed by atoms with E-state index in [0.717, 1.165) is 19.3 Å². The van der Waals surface area contributed by atoms with Crippen molar-refractivity contribution in [3.05, 3.63) is 5.82 Å². The van der Waals surface area contributed by atoms with E-state index in [-0.39, 0.29) is 17.3 Å². The molecule has 0 aromatic carbocycles. The number of halogens is 1. The molecule has 3 rings (SSSR count). The lowest BCUT2D eigenvalue weighted by Crippen LogP contribution is -2.14. The lowest BCUT2D eigenvalue weighted by atomic mass is 10.0. The molecule has 2 atom stereocenters. The van der Waals surface area contributed by atoms with Gasteiger partial charge in [-0.2, -0.15) is 0 Å². The molecule has 18 heavy (non-hydrogen) atoms. The van der Waals surface area contributed by atoms with Gasteiger partial charge in [0.1, 0.15) is 6.10 Å². The number of rotatable bonds is 3. The number of nitrogens with zero attached hydrogens (tertiary/aromatic N) is 3. The Morgan fingerprint density at radius 1 is 1.33 bits per heavy atom. The van der Waals surface area contributed by atoms with Crippen molar-refractivity contribution in [1.82, 2.24) is 14.8 Å². The number of aromatic nitrogens is 3. The minimum Gasteiger partial charge on any atom is -0.370 e. The van der Waals surface area contributed by atoms with Crippen LogP contribution in [0.2, 0.25) is 0 Å². The summed E-state index contributed by atoms with van der Waals surface area (Å²) in [6, 6.07) is 0.148. The summed E-state index contributed by atoms with van der Waals surface area (Å²) in [7, 11) is 1.54. The summed E-state index contributed by atoms with van der Waals surface area (Å²) >= 11 is 0. The first-order chi connectivity index (χ1) is 8.48. The van der Waals surface area contributed by atoms with E-state index in [1.54, 1.807) is 4.57 Å². The molecule has 0 N–H and O–H groups in total. The molecule has 1 aliphatic heterocycles. The molecule has 1 saturated heterocycles. The van der Waals surface area contributed by atoms with Gasteiger partial charge in [0, 0.05) is 23.3 Å². The average molecular weight is 292 g/mol. The van der Waals surface area contributed by atoms with Gasteiger partial charge in [0.05, 0.1) is 0 Å². The normalized spacial score (nSPS) is 28.8. The van der Waals surface area contributed by atoms with Crippen molar-refractivity contribution in [2.75, 3.05) is 6.61 Å². The van der Waals surface area contributed by atoms with Crippen LogP contribution in [0.4, 0.5) is 0 Å². The fraction of sp³-hybridized carbons (Fsp3) is 0.800. The van der Waals surface area contributed by atoms with E-state index in [0.29, 0.717) is 18.3 Å². The first-order valence-electron chi connectivity index (χ1n) is 5.99. The highest BCUT2D eigenvalue weighted by Crippen LogP contribution is 2.42. The Morgan fingerprint density at radius 2 is 2.06 bits per heavy atom. The van der Waals surface area contributed by atoms with Gasteiger partial charge in [0.15, 0.2) is 5.82 Å². The predicted octanol–water partition coefficient (Wildman–Crippen LogP) is 1.64. The highest BCUT2D eigenvalue weighted by Gasteiger charge is 2.39. The van der Waals surface area contributed by atoms with E-state index >= 15 is 0 Å². The fourth-order valence-corrected chi connectivity index (χ4v) is 3.28. The highest BCUT2D eigenvalue weighted by atomic mass is 35.7. The van der Waals surface area contributed by atoms with E-state index in [1.165, 1.54) is 0 Å². The minimum absolute atomic E-state index is 0.148. The second-order valence-electron chi connectivity index (χ2n) is 4.94. The molecule has 2 heterocycles. The molecule has 6 nitrogen and oxygen atoms in total. The van der Waals surface area contributed by atoms with Crippen LogP contribution in [0.3, 0.4) is 0 Å². The SMILES string of the molecule is CC1CCOC1c1nnc(S(=O)(=O)Cl)n1C1CC1. The van der Waals surface area contributed by atoms with Gasteiger partial charge in [0.25, 0.3) is 14.2 Å². The third-order valence-electron chi connectivity index (χ3n) is 3.46. The minimum atomic E-state index is -3.86. The van der Waals surface area contributed by atoms with Crippen molar-refractivity contribution >= 4 is 19.7 Å². The monoisotopic (exact) mass is 291 g/mol. The molecule has 1 aromatic heterocycles. The standard InChI is InChI=1S/C10H14ClN3O3S/c1-6-4-5-17-8(6)9-12-13-10(18(11,15)16)14(9)7-2-3-7/h6-8H,2-5H2,1H3. The highest BCUT2D eigenvalue weighted by molar-refractivity contribution is 8.13. The van der Waals surface area contributed by atoms with Crippen molar-refractivity contribution in [3.8, 4) is 0 Å². The molecule has 8 heteroatoms. The molecule has 2 fully saturated rings. The summed E-state index contributed by atoms with van der Waals surface area (Å²) in [4.78, 5) is 0. The van der Waals surface area contributed by atoms with Crippen LogP contribution in [0.1, 0.15) is 44.2 Å². The van der Waals surface area contributed by atoms with Crippen molar-refractivity contribution in [2.45, 2.75) is 43.5 Å². The van der Waals surface area contributed by atoms with E-state index in [2.05, 4.69) is 17.1 Å². The van der Waals surface area contributed by atoms with E-state index in [1.807, 2.05) is 0 Å². The maximum atomic E-state index is 11.5. The molecule has 100 valence electrons. The van der Waals surface area contributed by atoms with Gasteiger partial charge >= 0.3 is 0 Å². The number of hydrogen-bond donors (Lipinski definition) is 0. The van der Waals surface area contributed by atoms with E-state index in [4.69, 9.17) is 15.4 Å². The van der Waals surface area contributed by atoms with Crippen LogP contribution in [0.15, 0.2) is 5.16 Å². The van der Waals surface area contributed by atoms with Gasteiger partial charge in [-0.3, -0.25) is 4.57 Å². The largest absolute Gasteiger partial charge is 0.370 e. The van der Waals surface area contributed by atoms with Gasteiger partial charge < -0.3 is 4.74 Å². The molecular formula is C10H14ClN3O3S. The zero-order valence-corrected chi connectivity index (χ0v) is 11.5. The quantitative estimate of drug-likeness (QED) is 0.792. The average Bonchev–Trinajstić information content (AvgIpc) is 2.86. The zero-order valence-electron chi connectivity index (χ0n) is 9.91. The number of ether oxygens (including phenoxy) is 1. The van der Waals surface area contributed by atoms with Crippen LogP contribution in [0, 0.1) is 5.92 Å². The maximum absolute atomic E-state index is 11.5. The molecule has 0 radical (unpaired) electrons. The molecular weight excluding hydrogens is 278 g/mol. The molecule has 0 spiro atoms. The van der Waals surface area contributed by atoms with Crippen molar-refractivity contribution in [1.29, 1.82) is 0 Å². The Labute approximate surface area is 110 Å². The summed E-state index contributed by atoms with van der Waals surface area (Å²) in [5.74, 6) is 0.916. The van der Waals surface area contributed by atoms with Gasteiger partial charge in [-0.05, 0) is 25.2 Å². The Hall–Kier alpha value is -0.660. The molecule has 1 aliphatic carbocycles. The van der Waals surface area contributed by atoms with Crippen molar-refractivity contribution in [3.63, 3.8) is 0 Å². The Kier molecular flexibility index (Phi) is 2.87. The second kappa shape index (κ2) is 4.18. The van der Waals surface area contributed by atoms with Gasteiger partial charge in [-0.25, -0.2) is 8.42 Å². The van der Waals surface area contributed by atoms with Gasteiger partial charge in [0.2, 0.25) is 0 Å². The lowest BCUT2D eigenvalue weighted by molar-refractivity contribution is 0.0834. The predicted molar refractivity (Wildman–Crippen MR) is 63.8 cm³/mol. The van der Waals surface area contributed by atoms with Crippen molar-refractivity contribution < 1.29 is 13.2 Å². The van der Waals surface area contributed by atoms with Crippen LogP contribution in [-0.2, 0) is 13.8 Å². The number of hydrogen-bond acceptors (Lipinski definition) is 5. The summed E-state index contributed by atoms with van der Waals surface area (Å²) in [5.41, 5.74) is 0. The third kappa shape index (κ3) is 2.04. The van der Waals surface area contributed by atoms with Crippen LogP contribution >= 0.6 is 10.7 Å². The molecule has 1 saturated carbocycles. The zero-order chi connectivity index (χ0) is 12.9. The smallest absolute Gasteiger partial charge is 0.296 e. The van der Waals surface area contributed by atoms with Gasteiger partial charge in [-0.15, -0.1) is 10.2 Å². The van der Waals surface area contributed by atoms with Crippen LogP contribution in [0.25, 0.3) is 0 Å². The Balaban J connectivity index is 2.07. The third-order valence-corrected chi connectivity index (χ3v) is 4.59. The first kappa shape index (κ1) is 12.4. The molecule has 0 amide bonds. The Bertz CT molecular complexity index is 567. The summed E-state index contributed by atoms with van der Waals surface area (Å²) < 4.78 is 30.3. The molecule has 2 unspecified atom stereocenters. The van der Waals surface area contributed by atoms with Gasteiger partial charge in [-0.1, -0.05) is 6.92 Å². The fourth-order valence-electron chi connectivity index (χ4n) is 2.35.